The second-order valence-corrected chi connectivity index (χ2v) is 4.37. The molecule has 0 aromatic rings. The lowest BCUT2D eigenvalue weighted by molar-refractivity contribution is -0.126. The number of amides is 2. The summed E-state index contributed by atoms with van der Waals surface area (Å²) in [5, 5.41) is 8.35. The zero-order valence-corrected chi connectivity index (χ0v) is 10.9. The minimum Gasteiger partial charge on any atom is -0.355 e. The van der Waals surface area contributed by atoms with Gasteiger partial charge in [-0.1, -0.05) is 6.92 Å². The molecule has 0 spiro atoms. The zero-order chi connectivity index (χ0) is 11.1. The van der Waals surface area contributed by atoms with Gasteiger partial charge in [-0.2, -0.15) is 0 Å². The van der Waals surface area contributed by atoms with Crippen LogP contribution in [0.4, 0.5) is 0 Å². The Hall–Kier alpha value is -0.460. The molecule has 1 atom stereocenters. The van der Waals surface area contributed by atoms with Crippen LogP contribution in [0.15, 0.2) is 0 Å². The Balaban J connectivity index is 0.00000225. The molecule has 0 aromatic heterocycles. The molecule has 1 aliphatic heterocycles. The number of rotatable bonds is 5. The highest BCUT2D eigenvalue weighted by Gasteiger charge is 2.22. The van der Waals surface area contributed by atoms with Crippen molar-refractivity contribution >= 4 is 36.0 Å². The number of hydrogen-bond donors (Lipinski definition) is 3. The van der Waals surface area contributed by atoms with Gasteiger partial charge < -0.3 is 10.6 Å². The molecule has 1 unspecified atom stereocenters. The number of thioether (sulfide) groups is 1. The minimum absolute atomic E-state index is 0. The van der Waals surface area contributed by atoms with E-state index in [1.165, 1.54) is 0 Å². The lowest BCUT2D eigenvalue weighted by Gasteiger charge is -2.10. The molecule has 0 aliphatic carbocycles. The molecule has 0 saturated carbocycles. The van der Waals surface area contributed by atoms with Crippen LogP contribution >= 0.6 is 24.2 Å². The van der Waals surface area contributed by atoms with Crippen molar-refractivity contribution in [1.82, 2.24) is 16.0 Å². The Morgan fingerprint density at radius 2 is 2.19 bits per heavy atom. The van der Waals surface area contributed by atoms with Crippen molar-refractivity contribution < 1.29 is 9.59 Å². The molecule has 1 aliphatic rings. The molecule has 7 heteroatoms. The van der Waals surface area contributed by atoms with Gasteiger partial charge in [-0.25, -0.2) is 0 Å². The van der Waals surface area contributed by atoms with Crippen LogP contribution in [0.3, 0.4) is 0 Å². The molecule has 3 N–H and O–H groups in total. The fourth-order valence-electron chi connectivity index (χ4n) is 1.18. The summed E-state index contributed by atoms with van der Waals surface area (Å²) in [6.07, 6.45) is 0.903. The van der Waals surface area contributed by atoms with Crippen LogP contribution in [0.25, 0.3) is 0 Å². The average molecular weight is 268 g/mol. The highest BCUT2D eigenvalue weighted by atomic mass is 35.5. The van der Waals surface area contributed by atoms with Gasteiger partial charge >= 0.3 is 0 Å². The minimum atomic E-state index is -0.144. The summed E-state index contributed by atoms with van der Waals surface area (Å²) in [5.41, 5.74) is 0. The molecule has 5 nitrogen and oxygen atoms in total. The lowest BCUT2D eigenvalue weighted by Crippen LogP contribution is -2.45. The number of carbonyl (C=O) groups excluding carboxylic acids is 2. The van der Waals surface area contributed by atoms with Crippen molar-refractivity contribution in [3.8, 4) is 0 Å². The van der Waals surface area contributed by atoms with E-state index in [4.69, 9.17) is 0 Å². The monoisotopic (exact) mass is 267 g/mol. The van der Waals surface area contributed by atoms with Crippen LogP contribution in [-0.2, 0) is 9.59 Å². The first kappa shape index (κ1) is 15.5. The summed E-state index contributed by atoms with van der Waals surface area (Å²) in [5.74, 6) is 1.37. The molecule has 1 heterocycles. The van der Waals surface area contributed by atoms with Crippen molar-refractivity contribution in [3.05, 3.63) is 0 Å². The van der Waals surface area contributed by atoms with Gasteiger partial charge in [-0.3, -0.25) is 14.9 Å². The number of carbonyl (C=O) groups is 2. The van der Waals surface area contributed by atoms with E-state index in [9.17, 15) is 9.59 Å². The molecule has 1 rings (SSSR count). The van der Waals surface area contributed by atoms with Gasteiger partial charge in [-0.15, -0.1) is 24.2 Å². The predicted molar refractivity (Wildman–Crippen MR) is 67.8 cm³/mol. The Morgan fingerprint density at radius 1 is 1.44 bits per heavy atom. The summed E-state index contributed by atoms with van der Waals surface area (Å²) in [7, 11) is 0. The maximum Gasteiger partial charge on any atom is 0.239 e. The summed E-state index contributed by atoms with van der Waals surface area (Å²) < 4.78 is 0. The third-order valence-corrected chi connectivity index (χ3v) is 2.97. The lowest BCUT2D eigenvalue weighted by atomic mass is 10.3. The molecular formula is C9H18ClN3O2S. The van der Waals surface area contributed by atoms with E-state index < -0.39 is 0 Å². The van der Waals surface area contributed by atoms with Crippen LogP contribution in [-0.4, -0.2) is 42.6 Å². The normalized spacial score (nSPS) is 18.7. The SMILES string of the molecule is CCCNC(=O)CNC(=O)C1CSCN1.Cl. The van der Waals surface area contributed by atoms with Crippen molar-refractivity contribution in [2.45, 2.75) is 19.4 Å². The standard InChI is InChI=1S/C9H17N3O2S.ClH/c1-2-3-10-8(13)4-11-9(14)7-5-15-6-12-7;/h7,12H,2-6H2,1H3,(H,10,13)(H,11,14);1H. The van der Waals surface area contributed by atoms with Gasteiger partial charge in [0, 0.05) is 18.2 Å². The van der Waals surface area contributed by atoms with E-state index >= 15 is 0 Å². The molecule has 0 radical (unpaired) electrons. The second-order valence-electron chi connectivity index (χ2n) is 3.34. The highest BCUT2D eigenvalue weighted by molar-refractivity contribution is 7.99. The third-order valence-electron chi connectivity index (χ3n) is 2.03. The summed E-state index contributed by atoms with van der Waals surface area (Å²) in [6, 6.07) is -0.144. The van der Waals surface area contributed by atoms with Crippen molar-refractivity contribution in [2.75, 3.05) is 24.7 Å². The Morgan fingerprint density at radius 3 is 2.75 bits per heavy atom. The second kappa shape index (κ2) is 8.66. The predicted octanol–water partition coefficient (Wildman–Crippen LogP) is -0.287. The Bertz CT molecular complexity index is 235. The first-order valence-corrected chi connectivity index (χ1v) is 6.25. The molecule has 94 valence electrons. The van der Waals surface area contributed by atoms with Gasteiger partial charge in [0.25, 0.3) is 0 Å². The van der Waals surface area contributed by atoms with E-state index in [0.717, 1.165) is 18.1 Å². The molecule has 0 bridgehead atoms. The van der Waals surface area contributed by atoms with Gasteiger partial charge in [0.2, 0.25) is 11.8 Å². The summed E-state index contributed by atoms with van der Waals surface area (Å²) in [4.78, 5) is 22.6. The first-order chi connectivity index (χ1) is 7.24. The van der Waals surface area contributed by atoms with E-state index in [-0.39, 0.29) is 36.8 Å². The molecular weight excluding hydrogens is 250 g/mol. The fourth-order valence-corrected chi connectivity index (χ4v) is 2.12. The molecule has 16 heavy (non-hydrogen) atoms. The fraction of sp³-hybridized carbons (Fsp3) is 0.778. The Kier molecular flexibility index (Phi) is 8.42. The zero-order valence-electron chi connectivity index (χ0n) is 9.25. The quantitative estimate of drug-likeness (QED) is 0.641. The van der Waals surface area contributed by atoms with Gasteiger partial charge in [0.05, 0.1) is 12.6 Å². The number of halogens is 1. The van der Waals surface area contributed by atoms with Crippen molar-refractivity contribution in [1.29, 1.82) is 0 Å². The van der Waals surface area contributed by atoms with E-state index in [1.807, 2.05) is 6.92 Å². The maximum atomic E-state index is 11.5. The van der Waals surface area contributed by atoms with Crippen LogP contribution < -0.4 is 16.0 Å². The van der Waals surface area contributed by atoms with Crippen LogP contribution in [0.1, 0.15) is 13.3 Å². The third kappa shape index (κ3) is 5.58. The van der Waals surface area contributed by atoms with Gasteiger partial charge in [0.15, 0.2) is 0 Å². The van der Waals surface area contributed by atoms with E-state index in [1.54, 1.807) is 11.8 Å². The molecule has 1 saturated heterocycles. The smallest absolute Gasteiger partial charge is 0.239 e. The Labute approximate surface area is 106 Å². The van der Waals surface area contributed by atoms with Crippen molar-refractivity contribution in [2.24, 2.45) is 0 Å². The first-order valence-electron chi connectivity index (χ1n) is 5.09. The average Bonchev–Trinajstić information content (AvgIpc) is 2.76. The largest absolute Gasteiger partial charge is 0.355 e. The molecule has 2 amide bonds. The summed E-state index contributed by atoms with van der Waals surface area (Å²) >= 11 is 1.69. The van der Waals surface area contributed by atoms with Gasteiger partial charge in [-0.05, 0) is 6.42 Å². The van der Waals surface area contributed by atoms with Crippen LogP contribution in [0.2, 0.25) is 0 Å². The van der Waals surface area contributed by atoms with Gasteiger partial charge in [0.1, 0.15) is 0 Å². The van der Waals surface area contributed by atoms with E-state index in [0.29, 0.717) is 6.54 Å². The van der Waals surface area contributed by atoms with Crippen LogP contribution in [0.5, 0.6) is 0 Å². The summed E-state index contributed by atoms with van der Waals surface area (Å²) in [6.45, 7) is 2.71. The number of nitrogens with one attached hydrogen (secondary N) is 3. The highest BCUT2D eigenvalue weighted by Crippen LogP contribution is 2.08. The molecule has 1 fully saturated rings. The maximum absolute atomic E-state index is 11.5. The molecule has 0 aromatic carbocycles. The number of hydrogen-bond acceptors (Lipinski definition) is 4. The van der Waals surface area contributed by atoms with Crippen molar-refractivity contribution in [3.63, 3.8) is 0 Å². The topological polar surface area (TPSA) is 70.2 Å². The van der Waals surface area contributed by atoms with Crippen LogP contribution in [0, 0.1) is 0 Å². The van der Waals surface area contributed by atoms with E-state index in [2.05, 4.69) is 16.0 Å².